The third kappa shape index (κ3) is 4.88. The number of rotatable bonds is 7. The van der Waals surface area contributed by atoms with Crippen LogP contribution in [0.1, 0.15) is 24.2 Å². The first-order valence-electron chi connectivity index (χ1n) is 7.86. The highest BCUT2D eigenvalue weighted by Crippen LogP contribution is 2.34. The number of Topliss-reactive ketones (excluding diaryl/α,β-unsaturated/α-hetero) is 1. The van der Waals surface area contributed by atoms with Crippen LogP contribution >= 0.6 is 22.9 Å². The predicted octanol–water partition coefficient (Wildman–Crippen LogP) is 3.30. The smallest absolute Gasteiger partial charge is 0.323 e. The van der Waals surface area contributed by atoms with Gasteiger partial charge in [0.05, 0.1) is 5.69 Å². The Kier molecular flexibility index (Phi) is 6.66. The maximum atomic E-state index is 13.0. The minimum Gasteiger partial charge on any atom is -0.323 e. The van der Waals surface area contributed by atoms with Gasteiger partial charge in [-0.2, -0.15) is 18.3 Å². The summed E-state index contributed by atoms with van der Waals surface area (Å²) in [4.78, 5) is 25.0. The Balaban J connectivity index is 2.41. The van der Waals surface area contributed by atoms with E-state index in [0.717, 1.165) is 10.7 Å². The topological polar surface area (TPSA) is 76.0 Å². The van der Waals surface area contributed by atoms with E-state index >= 15 is 0 Å². The van der Waals surface area contributed by atoms with Crippen molar-refractivity contribution in [1.29, 1.82) is 0 Å². The van der Waals surface area contributed by atoms with Gasteiger partial charge >= 0.3 is 6.18 Å². The number of nitrogens with zero attached hydrogens (tertiary/aromatic N) is 2. The van der Waals surface area contributed by atoms with E-state index in [0.29, 0.717) is 10.0 Å². The molecule has 0 aliphatic carbocycles. The normalized spacial score (nSPS) is 14.0. The summed E-state index contributed by atoms with van der Waals surface area (Å²) in [7, 11) is 2.93. The Hall–Kier alpha value is -1.91. The van der Waals surface area contributed by atoms with Crippen molar-refractivity contribution in [3.8, 4) is 0 Å². The molecule has 0 saturated heterocycles. The lowest BCUT2D eigenvalue weighted by atomic mass is 9.85. The summed E-state index contributed by atoms with van der Waals surface area (Å²) < 4.78 is 40.4. The quantitative estimate of drug-likeness (QED) is 0.671. The summed E-state index contributed by atoms with van der Waals surface area (Å²) in [5.41, 5.74) is -0.602. The number of likely N-dealkylation sites (N-methyl/N-ethyl adjacent to an activating group) is 1. The summed E-state index contributed by atoms with van der Waals surface area (Å²) in [5, 5.41) is 10.5. The molecule has 2 atom stereocenters. The summed E-state index contributed by atoms with van der Waals surface area (Å²) in [6.07, 6.45) is -4.63. The molecule has 6 nitrogen and oxygen atoms in total. The van der Waals surface area contributed by atoms with E-state index in [1.165, 1.54) is 25.3 Å². The number of amides is 1. The van der Waals surface area contributed by atoms with Crippen LogP contribution in [0, 0.1) is 5.92 Å². The number of carbonyl (C=O) groups is 2. The average Bonchev–Trinajstić information content (AvgIpc) is 3.12. The first-order valence-corrected chi connectivity index (χ1v) is 9.12. The molecule has 11 heteroatoms. The first-order chi connectivity index (χ1) is 12.6. The van der Waals surface area contributed by atoms with Crippen molar-refractivity contribution in [3.63, 3.8) is 0 Å². The molecule has 2 rings (SSSR count). The SMILES string of the molecule is CNC[C@H](c1cc(C(F)(F)F)nn1C)[C@H](C(C)=O)C(=O)Nc1ccsc1Cl. The Morgan fingerprint density at radius 2 is 2.07 bits per heavy atom. The van der Waals surface area contributed by atoms with Crippen molar-refractivity contribution in [2.75, 3.05) is 18.9 Å². The second kappa shape index (κ2) is 8.41. The monoisotopic (exact) mass is 422 g/mol. The number of anilines is 1. The van der Waals surface area contributed by atoms with Crippen molar-refractivity contribution < 1.29 is 22.8 Å². The highest BCUT2D eigenvalue weighted by atomic mass is 35.5. The number of thiophene rings is 1. The number of hydrogen-bond acceptors (Lipinski definition) is 5. The summed E-state index contributed by atoms with van der Waals surface area (Å²) >= 11 is 7.18. The van der Waals surface area contributed by atoms with Gasteiger partial charge in [0.2, 0.25) is 5.91 Å². The van der Waals surface area contributed by atoms with Gasteiger partial charge in [-0.25, -0.2) is 0 Å². The molecule has 2 aromatic heterocycles. The zero-order valence-corrected chi connectivity index (χ0v) is 16.3. The second-order valence-electron chi connectivity index (χ2n) is 5.93. The minimum atomic E-state index is -4.63. The van der Waals surface area contributed by atoms with Crippen LogP contribution in [0.3, 0.4) is 0 Å². The van der Waals surface area contributed by atoms with Crippen LogP contribution in [0.4, 0.5) is 18.9 Å². The van der Waals surface area contributed by atoms with E-state index in [-0.39, 0.29) is 12.2 Å². The van der Waals surface area contributed by atoms with Crippen LogP contribution in [0.25, 0.3) is 0 Å². The lowest BCUT2D eigenvalue weighted by Gasteiger charge is -2.24. The second-order valence-corrected chi connectivity index (χ2v) is 7.44. The third-order valence-corrected chi connectivity index (χ3v) is 5.18. The number of alkyl halides is 3. The van der Waals surface area contributed by atoms with Gasteiger partial charge in [0, 0.05) is 25.2 Å². The number of hydrogen-bond donors (Lipinski definition) is 2. The molecule has 0 spiro atoms. The number of nitrogens with one attached hydrogen (secondary N) is 2. The van der Waals surface area contributed by atoms with Crippen LogP contribution in [0.5, 0.6) is 0 Å². The lowest BCUT2D eigenvalue weighted by Crippen LogP contribution is -2.38. The number of aromatic nitrogens is 2. The van der Waals surface area contributed by atoms with E-state index < -0.39 is 35.4 Å². The Labute approximate surface area is 162 Å². The van der Waals surface area contributed by atoms with Crippen LogP contribution in [0.15, 0.2) is 17.5 Å². The largest absolute Gasteiger partial charge is 0.435 e. The summed E-state index contributed by atoms with van der Waals surface area (Å²) in [6, 6.07) is 2.45. The van der Waals surface area contributed by atoms with Gasteiger partial charge in [-0.05, 0) is 31.5 Å². The average molecular weight is 423 g/mol. The van der Waals surface area contributed by atoms with Gasteiger partial charge in [0.25, 0.3) is 0 Å². The molecule has 0 radical (unpaired) electrons. The molecular weight excluding hydrogens is 405 g/mol. The van der Waals surface area contributed by atoms with Crippen LogP contribution in [0.2, 0.25) is 4.34 Å². The highest BCUT2D eigenvalue weighted by molar-refractivity contribution is 7.15. The zero-order valence-electron chi connectivity index (χ0n) is 14.7. The highest BCUT2D eigenvalue weighted by Gasteiger charge is 2.39. The third-order valence-electron chi connectivity index (χ3n) is 4.01. The fourth-order valence-electron chi connectivity index (χ4n) is 2.82. The molecule has 1 amide bonds. The Bertz CT molecular complexity index is 834. The summed E-state index contributed by atoms with van der Waals surface area (Å²) in [5.74, 6) is -3.19. The fourth-order valence-corrected chi connectivity index (χ4v) is 3.66. The Morgan fingerprint density at radius 3 is 2.52 bits per heavy atom. The molecule has 0 aromatic carbocycles. The van der Waals surface area contributed by atoms with E-state index in [2.05, 4.69) is 15.7 Å². The molecule has 0 bridgehead atoms. The zero-order chi connectivity index (χ0) is 20.4. The molecule has 0 unspecified atom stereocenters. The lowest BCUT2D eigenvalue weighted by molar-refractivity contribution is -0.141. The maximum absolute atomic E-state index is 13.0. The van der Waals surface area contributed by atoms with E-state index in [1.54, 1.807) is 18.5 Å². The molecule has 148 valence electrons. The molecule has 0 aliphatic rings. The fraction of sp³-hybridized carbons (Fsp3) is 0.438. The van der Waals surface area contributed by atoms with Crippen LogP contribution in [-0.4, -0.2) is 35.1 Å². The summed E-state index contributed by atoms with van der Waals surface area (Å²) in [6.45, 7) is 1.33. The van der Waals surface area contributed by atoms with Gasteiger partial charge in [-0.3, -0.25) is 14.3 Å². The Morgan fingerprint density at radius 1 is 1.41 bits per heavy atom. The standard InChI is InChI=1S/C16H18ClF3N4O2S/c1-8(25)13(15(26)22-10-4-5-27-14(10)17)9(7-21-2)11-6-12(16(18,19)20)23-24(11)3/h4-6,9,13,21H,7H2,1-3H3,(H,22,26)/t9-,13+/m1/s1. The van der Waals surface area contributed by atoms with E-state index in [4.69, 9.17) is 11.6 Å². The minimum absolute atomic E-state index is 0.103. The molecule has 2 N–H and O–H groups in total. The van der Waals surface area contributed by atoms with E-state index in [9.17, 15) is 22.8 Å². The molecule has 0 fully saturated rings. The van der Waals surface area contributed by atoms with Crippen molar-refractivity contribution in [1.82, 2.24) is 15.1 Å². The van der Waals surface area contributed by atoms with Gasteiger partial charge in [-0.1, -0.05) is 11.6 Å². The van der Waals surface area contributed by atoms with Gasteiger partial charge in [0.1, 0.15) is 16.0 Å². The van der Waals surface area contributed by atoms with Gasteiger partial charge < -0.3 is 10.6 Å². The number of halogens is 4. The predicted molar refractivity (Wildman–Crippen MR) is 97.0 cm³/mol. The van der Waals surface area contributed by atoms with Crippen molar-refractivity contribution in [2.45, 2.75) is 19.0 Å². The molecule has 27 heavy (non-hydrogen) atoms. The van der Waals surface area contributed by atoms with E-state index in [1.807, 2.05) is 0 Å². The van der Waals surface area contributed by atoms with Gasteiger partial charge in [-0.15, -0.1) is 11.3 Å². The van der Waals surface area contributed by atoms with Crippen molar-refractivity contribution in [3.05, 3.63) is 33.2 Å². The number of carbonyl (C=O) groups excluding carboxylic acids is 2. The molecule has 2 aromatic rings. The van der Waals surface area contributed by atoms with Crippen LogP contribution < -0.4 is 10.6 Å². The number of ketones is 1. The van der Waals surface area contributed by atoms with Crippen molar-refractivity contribution >= 4 is 40.3 Å². The molecule has 2 heterocycles. The number of aryl methyl sites for hydroxylation is 1. The maximum Gasteiger partial charge on any atom is 0.435 e. The first kappa shape index (κ1) is 21.4. The van der Waals surface area contributed by atoms with Crippen LogP contribution in [-0.2, 0) is 22.8 Å². The molecular formula is C16H18ClF3N4O2S. The molecule has 0 saturated carbocycles. The van der Waals surface area contributed by atoms with Gasteiger partial charge in [0.15, 0.2) is 5.69 Å². The molecule has 0 aliphatic heterocycles. The van der Waals surface area contributed by atoms with Crippen molar-refractivity contribution in [2.24, 2.45) is 13.0 Å².